The molecule has 14 nitrogen and oxygen atoms in total. The van der Waals surface area contributed by atoms with Crippen molar-refractivity contribution < 1.29 is 17.8 Å². The van der Waals surface area contributed by atoms with Gasteiger partial charge in [0.15, 0.2) is 39.5 Å². The van der Waals surface area contributed by atoms with E-state index < -0.39 is 21.5 Å². The van der Waals surface area contributed by atoms with E-state index in [-0.39, 0.29) is 62.5 Å². The highest BCUT2D eigenvalue weighted by Crippen LogP contribution is 2.32. The number of hydrogen-bond donors (Lipinski definition) is 4. The number of halogens is 2. The van der Waals surface area contributed by atoms with Crippen molar-refractivity contribution in [2.45, 2.75) is 23.3 Å². The number of benzene rings is 1. The van der Waals surface area contributed by atoms with Crippen molar-refractivity contribution in [2.75, 3.05) is 31.1 Å². The smallest absolute Gasteiger partial charge is 0.280 e. The van der Waals surface area contributed by atoms with Gasteiger partial charge in [0.05, 0.1) is 17.1 Å². The van der Waals surface area contributed by atoms with Gasteiger partial charge in [-0.2, -0.15) is 4.31 Å². The summed E-state index contributed by atoms with van der Waals surface area (Å²) in [5.41, 5.74) is 10.8. The predicted molar refractivity (Wildman–Crippen MR) is 126 cm³/mol. The van der Waals surface area contributed by atoms with Gasteiger partial charge in [0.25, 0.3) is 5.91 Å². The molecule has 0 aliphatic carbocycles. The zero-order valence-corrected chi connectivity index (χ0v) is 20.2. The third kappa shape index (κ3) is 4.09. The Labute approximate surface area is 208 Å². The molecule has 0 bridgehead atoms. The molecule has 1 spiro atoms. The number of nitrogens with zero attached hydrogens (tertiary/aromatic N) is 6. The molecule has 2 aliphatic heterocycles. The van der Waals surface area contributed by atoms with Crippen LogP contribution in [0.4, 0.5) is 11.6 Å². The highest BCUT2D eigenvalue weighted by molar-refractivity contribution is 7.89. The minimum absolute atomic E-state index is 0.0291. The average molecular weight is 541 g/mol. The van der Waals surface area contributed by atoms with Crippen molar-refractivity contribution in [3.8, 4) is 0 Å². The molecule has 6 N–H and O–H groups in total. The van der Waals surface area contributed by atoms with Crippen LogP contribution in [0.2, 0.25) is 10.2 Å². The second kappa shape index (κ2) is 8.44. The third-order valence-corrected chi connectivity index (χ3v) is 8.42. The van der Waals surface area contributed by atoms with E-state index in [0.717, 1.165) is 0 Å². The first kappa shape index (κ1) is 23.5. The largest absolute Gasteiger partial charge is 0.382 e. The maximum atomic E-state index is 13.3. The maximum Gasteiger partial charge on any atom is 0.280 e. The number of anilines is 2. The Balaban J connectivity index is 1.25. The van der Waals surface area contributed by atoms with E-state index in [2.05, 4.69) is 40.5 Å². The summed E-state index contributed by atoms with van der Waals surface area (Å²) in [4.78, 5) is 24.5. The standard InChI is InChI=1S/C18H18Cl2N10O4S/c19-8-1-2-9(11-10(8)28-34-29-11)35(32,33)30-5-3-18(4-6-30)7-23-17(27-18)26-16(31)12-14(21)25-15(22)13(20)24-12/h1-2H,3-7H2,(H4,21,22,25)(H2,23,26,27,31). The Morgan fingerprint density at radius 2 is 1.83 bits per heavy atom. The first-order valence-electron chi connectivity index (χ1n) is 10.2. The number of carbonyl (C=O) groups is 1. The molecule has 2 aromatic heterocycles. The molecule has 1 amide bonds. The van der Waals surface area contributed by atoms with Gasteiger partial charge in [0.2, 0.25) is 10.0 Å². The van der Waals surface area contributed by atoms with Crippen LogP contribution in [0.1, 0.15) is 23.3 Å². The Bertz CT molecular complexity index is 1480. The summed E-state index contributed by atoms with van der Waals surface area (Å²) >= 11 is 11.9. The minimum Gasteiger partial charge on any atom is -0.382 e. The number of fused-ring (bicyclic) bond motifs is 1. The molecule has 0 radical (unpaired) electrons. The third-order valence-electron chi connectivity index (χ3n) is 5.90. The van der Waals surface area contributed by atoms with E-state index in [4.69, 9.17) is 34.7 Å². The van der Waals surface area contributed by atoms with Crippen molar-refractivity contribution in [2.24, 2.45) is 4.99 Å². The minimum atomic E-state index is -3.88. The number of amides is 1. The fourth-order valence-corrected chi connectivity index (χ4v) is 5.88. The second-order valence-electron chi connectivity index (χ2n) is 8.07. The number of piperidine rings is 1. The first-order chi connectivity index (χ1) is 16.6. The Kier molecular flexibility index (Phi) is 5.66. The number of sulfonamides is 1. The molecule has 184 valence electrons. The van der Waals surface area contributed by atoms with Crippen LogP contribution in [-0.2, 0) is 10.0 Å². The maximum absolute atomic E-state index is 13.3. The molecule has 17 heteroatoms. The molecular weight excluding hydrogens is 523 g/mol. The van der Waals surface area contributed by atoms with Crippen molar-refractivity contribution in [1.29, 1.82) is 0 Å². The van der Waals surface area contributed by atoms with E-state index in [0.29, 0.717) is 19.4 Å². The average Bonchev–Trinajstić information content (AvgIpc) is 3.45. The number of nitrogens with two attached hydrogens (primary N) is 2. The van der Waals surface area contributed by atoms with Crippen molar-refractivity contribution >= 4 is 67.8 Å². The Hall–Kier alpha value is -3.27. The fraction of sp³-hybridized carbons (Fsp3) is 0.333. The number of guanidine groups is 1. The van der Waals surface area contributed by atoms with E-state index in [1.165, 1.54) is 16.4 Å². The Morgan fingerprint density at radius 1 is 1.11 bits per heavy atom. The number of nitrogen functional groups attached to an aromatic ring is 2. The Morgan fingerprint density at radius 3 is 2.57 bits per heavy atom. The SMILES string of the molecule is Nc1nc(N)c(C(=O)NC2=NCC3(CCN(S(=O)(=O)c4ccc(Cl)c5nonc45)CC3)N2)nc1Cl. The molecule has 1 saturated heterocycles. The van der Waals surface area contributed by atoms with Crippen LogP contribution in [0.5, 0.6) is 0 Å². The van der Waals surface area contributed by atoms with E-state index >= 15 is 0 Å². The summed E-state index contributed by atoms with van der Waals surface area (Å²) in [7, 11) is -3.88. The zero-order chi connectivity index (χ0) is 25.0. The second-order valence-corrected chi connectivity index (χ2v) is 10.7. The molecular formula is C18H18Cl2N10O4S. The molecule has 4 heterocycles. The molecule has 35 heavy (non-hydrogen) atoms. The molecule has 0 unspecified atom stereocenters. The quantitative estimate of drug-likeness (QED) is 0.357. The summed E-state index contributed by atoms with van der Waals surface area (Å²) in [6.07, 6.45) is 0.886. The van der Waals surface area contributed by atoms with Gasteiger partial charge in [-0.3, -0.25) is 15.1 Å². The summed E-state index contributed by atoms with van der Waals surface area (Å²) in [5.74, 6) is -0.701. The lowest BCUT2D eigenvalue weighted by Crippen LogP contribution is -2.56. The van der Waals surface area contributed by atoms with Crippen LogP contribution in [0.15, 0.2) is 26.6 Å². The van der Waals surface area contributed by atoms with Crippen LogP contribution in [0.3, 0.4) is 0 Å². The van der Waals surface area contributed by atoms with Gasteiger partial charge in [-0.1, -0.05) is 23.2 Å². The number of hydrogen-bond acceptors (Lipinski definition) is 12. The number of nitrogens with one attached hydrogen (secondary N) is 2. The summed E-state index contributed by atoms with van der Waals surface area (Å²) in [6.45, 7) is 0.777. The van der Waals surface area contributed by atoms with Crippen molar-refractivity contribution in [3.63, 3.8) is 0 Å². The van der Waals surface area contributed by atoms with Crippen LogP contribution < -0.4 is 22.1 Å². The molecule has 1 fully saturated rings. The molecule has 2 aliphatic rings. The lowest BCUT2D eigenvalue weighted by atomic mass is 9.89. The number of rotatable bonds is 3. The van der Waals surface area contributed by atoms with Crippen molar-refractivity contribution in [1.82, 2.24) is 35.2 Å². The van der Waals surface area contributed by atoms with E-state index in [9.17, 15) is 13.2 Å². The highest BCUT2D eigenvalue weighted by atomic mass is 35.5. The summed E-state index contributed by atoms with van der Waals surface area (Å²) in [5, 5.41) is 13.3. The van der Waals surface area contributed by atoms with Gasteiger partial charge in [-0.25, -0.2) is 23.0 Å². The molecule has 0 saturated carbocycles. The molecule has 0 atom stereocenters. The normalized spacial score (nSPS) is 17.9. The lowest BCUT2D eigenvalue weighted by Gasteiger charge is -2.38. The van der Waals surface area contributed by atoms with Crippen LogP contribution >= 0.6 is 23.2 Å². The molecule has 3 aromatic rings. The van der Waals surface area contributed by atoms with Crippen LogP contribution in [0.25, 0.3) is 11.0 Å². The van der Waals surface area contributed by atoms with Crippen molar-refractivity contribution in [3.05, 3.63) is 28.0 Å². The summed E-state index contributed by atoms with van der Waals surface area (Å²) in [6, 6.07) is 2.83. The monoisotopic (exact) mass is 540 g/mol. The molecule has 1 aromatic carbocycles. The van der Waals surface area contributed by atoms with Gasteiger partial charge in [-0.05, 0) is 35.3 Å². The van der Waals surface area contributed by atoms with Gasteiger partial charge >= 0.3 is 0 Å². The van der Waals surface area contributed by atoms with Gasteiger partial charge in [0.1, 0.15) is 4.90 Å². The van der Waals surface area contributed by atoms with Gasteiger partial charge in [0, 0.05) is 13.1 Å². The predicted octanol–water partition coefficient (Wildman–Crippen LogP) is 0.397. The number of carbonyl (C=O) groups excluding carboxylic acids is 1. The topological polar surface area (TPSA) is 208 Å². The first-order valence-corrected chi connectivity index (χ1v) is 12.4. The van der Waals surface area contributed by atoms with Gasteiger partial charge < -0.3 is 16.8 Å². The van der Waals surface area contributed by atoms with E-state index in [1.807, 2.05) is 0 Å². The van der Waals surface area contributed by atoms with Crippen LogP contribution in [0, 0.1) is 0 Å². The van der Waals surface area contributed by atoms with Crippen LogP contribution in [-0.4, -0.2) is 70.0 Å². The summed E-state index contributed by atoms with van der Waals surface area (Å²) < 4.78 is 32.6. The van der Waals surface area contributed by atoms with E-state index in [1.54, 1.807) is 0 Å². The lowest BCUT2D eigenvalue weighted by molar-refractivity contribution is 0.0971. The molecule has 5 rings (SSSR count). The highest BCUT2D eigenvalue weighted by Gasteiger charge is 2.42. The number of aliphatic imine (C=N–C) groups is 1. The van der Waals surface area contributed by atoms with Gasteiger partial charge in [-0.15, -0.1) is 0 Å². The zero-order valence-electron chi connectivity index (χ0n) is 17.8. The number of aromatic nitrogens is 4. The fourth-order valence-electron chi connectivity index (χ4n) is 4.01.